The molecule has 1 aromatic carbocycles. The maximum Gasteiger partial charge on any atom is 0.269 e. The van der Waals surface area contributed by atoms with Crippen molar-refractivity contribution < 1.29 is 18.4 Å². The average Bonchev–Trinajstić information content (AvgIpc) is 2.29. The molecule has 0 aliphatic rings. The second kappa shape index (κ2) is 6.28. The van der Waals surface area contributed by atoms with Crippen LogP contribution in [-0.4, -0.2) is 23.9 Å². The van der Waals surface area contributed by atoms with Crippen LogP contribution in [0.2, 0.25) is 0 Å². The number of rotatable bonds is 7. The smallest absolute Gasteiger partial charge is 0.269 e. The van der Waals surface area contributed by atoms with Gasteiger partial charge in [-0.05, 0) is 19.1 Å². The number of alkyl halides is 2. The Labute approximate surface area is 104 Å². The van der Waals surface area contributed by atoms with E-state index in [0.717, 1.165) is 0 Å². The van der Waals surface area contributed by atoms with Crippen molar-refractivity contribution in [3.8, 4) is 5.75 Å². The van der Waals surface area contributed by atoms with Gasteiger partial charge in [0.15, 0.2) is 0 Å². The van der Waals surface area contributed by atoms with E-state index >= 15 is 0 Å². The standard InChI is InChI=1S/C12H15F2NO3/c1-12(14,6-8-13)7-9-18-11-4-2-10(3-5-11)15(16)17/h2-5H,6-9H2,1H3. The van der Waals surface area contributed by atoms with Crippen LogP contribution in [0.3, 0.4) is 0 Å². The molecule has 0 fully saturated rings. The molecule has 0 heterocycles. The zero-order chi connectivity index (χ0) is 13.6. The highest BCUT2D eigenvalue weighted by Crippen LogP contribution is 2.22. The van der Waals surface area contributed by atoms with Crippen molar-refractivity contribution in [2.24, 2.45) is 0 Å². The van der Waals surface area contributed by atoms with E-state index in [0.29, 0.717) is 5.75 Å². The van der Waals surface area contributed by atoms with Gasteiger partial charge in [0.05, 0.1) is 18.2 Å². The monoisotopic (exact) mass is 259 g/mol. The number of hydrogen-bond donors (Lipinski definition) is 0. The highest BCUT2D eigenvalue weighted by atomic mass is 19.1. The highest BCUT2D eigenvalue weighted by Gasteiger charge is 2.22. The molecule has 0 aliphatic carbocycles. The average molecular weight is 259 g/mol. The number of ether oxygens (including phenoxy) is 1. The minimum atomic E-state index is -1.59. The number of halogens is 2. The van der Waals surface area contributed by atoms with Crippen LogP contribution in [0.4, 0.5) is 14.5 Å². The van der Waals surface area contributed by atoms with Crippen molar-refractivity contribution in [3.63, 3.8) is 0 Å². The SMILES string of the molecule is CC(F)(CCF)CCOc1ccc([N+](=O)[O-])cc1. The van der Waals surface area contributed by atoms with E-state index in [1.165, 1.54) is 31.2 Å². The number of nitrogens with zero attached hydrogens (tertiary/aromatic N) is 1. The van der Waals surface area contributed by atoms with Crippen molar-refractivity contribution in [1.29, 1.82) is 0 Å². The second-order valence-corrected chi connectivity index (χ2v) is 4.20. The Balaban J connectivity index is 2.42. The highest BCUT2D eigenvalue weighted by molar-refractivity contribution is 5.35. The molecule has 1 aromatic rings. The van der Waals surface area contributed by atoms with Gasteiger partial charge >= 0.3 is 0 Å². The number of non-ortho nitro benzene ring substituents is 1. The van der Waals surface area contributed by atoms with Crippen molar-refractivity contribution in [2.45, 2.75) is 25.4 Å². The largest absolute Gasteiger partial charge is 0.493 e. The summed E-state index contributed by atoms with van der Waals surface area (Å²) in [5, 5.41) is 10.4. The van der Waals surface area contributed by atoms with Crippen LogP contribution >= 0.6 is 0 Å². The summed E-state index contributed by atoms with van der Waals surface area (Å²) in [6.45, 7) is 0.723. The number of nitro benzene ring substituents is 1. The Morgan fingerprint density at radius 1 is 1.33 bits per heavy atom. The lowest BCUT2D eigenvalue weighted by Crippen LogP contribution is -2.22. The van der Waals surface area contributed by atoms with Crippen molar-refractivity contribution in [2.75, 3.05) is 13.3 Å². The normalized spacial score (nSPS) is 13.9. The van der Waals surface area contributed by atoms with Gasteiger partial charge in [-0.1, -0.05) is 0 Å². The zero-order valence-corrected chi connectivity index (χ0v) is 10.1. The Morgan fingerprint density at radius 3 is 2.44 bits per heavy atom. The van der Waals surface area contributed by atoms with Crippen molar-refractivity contribution in [1.82, 2.24) is 0 Å². The Morgan fingerprint density at radius 2 is 1.94 bits per heavy atom. The van der Waals surface area contributed by atoms with Crippen LogP contribution in [0.1, 0.15) is 19.8 Å². The Hall–Kier alpha value is -1.72. The predicted molar refractivity (Wildman–Crippen MR) is 63.3 cm³/mol. The molecular formula is C12H15F2NO3. The number of hydrogen-bond acceptors (Lipinski definition) is 3. The molecule has 100 valence electrons. The van der Waals surface area contributed by atoms with Crippen LogP contribution in [-0.2, 0) is 0 Å². The lowest BCUT2D eigenvalue weighted by atomic mass is 10.0. The number of nitro groups is 1. The molecule has 0 saturated heterocycles. The molecule has 0 saturated carbocycles. The van der Waals surface area contributed by atoms with Crippen LogP contribution in [0, 0.1) is 10.1 Å². The fourth-order valence-electron chi connectivity index (χ4n) is 1.37. The summed E-state index contributed by atoms with van der Waals surface area (Å²) >= 11 is 0. The third-order valence-corrected chi connectivity index (χ3v) is 2.56. The molecule has 18 heavy (non-hydrogen) atoms. The quantitative estimate of drug-likeness (QED) is 0.556. The minimum Gasteiger partial charge on any atom is -0.493 e. The van der Waals surface area contributed by atoms with E-state index in [9.17, 15) is 18.9 Å². The van der Waals surface area contributed by atoms with Gasteiger partial charge in [-0.15, -0.1) is 0 Å². The molecule has 4 nitrogen and oxygen atoms in total. The van der Waals surface area contributed by atoms with Crippen molar-refractivity contribution >= 4 is 5.69 Å². The minimum absolute atomic E-state index is 0.0323. The molecule has 1 unspecified atom stereocenters. The number of benzene rings is 1. The van der Waals surface area contributed by atoms with Crippen LogP contribution in [0.5, 0.6) is 5.75 Å². The summed E-state index contributed by atoms with van der Waals surface area (Å²) in [7, 11) is 0. The van der Waals surface area contributed by atoms with E-state index in [-0.39, 0.29) is 25.1 Å². The lowest BCUT2D eigenvalue weighted by Gasteiger charge is -2.18. The first-order valence-electron chi connectivity index (χ1n) is 5.57. The topological polar surface area (TPSA) is 52.4 Å². The summed E-state index contributed by atoms with van der Waals surface area (Å²) < 4.78 is 30.8. The first-order valence-corrected chi connectivity index (χ1v) is 5.57. The van der Waals surface area contributed by atoms with Gasteiger partial charge in [-0.2, -0.15) is 0 Å². The summed E-state index contributed by atoms with van der Waals surface area (Å²) in [5.41, 5.74) is -1.62. The van der Waals surface area contributed by atoms with Crippen LogP contribution < -0.4 is 4.74 Å². The third kappa shape index (κ3) is 4.65. The Bertz CT molecular complexity index is 393. The van der Waals surface area contributed by atoms with Gasteiger partial charge < -0.3 is 4.74 Å². The van der Waals surface area contributed by atoms with E-state index < -0.39 is 17.3 Å². The molecule has 0 bridgehead atoms. The predicted octanol–water partition coefficient (Wildman–Crippen LogP) is 3.45. The van der Waals surface area contributed by atoms with Crippen LogP contribution in [0.15, 0.2) is 24.3 Å². The molecule has 0 spiro atoms. The third-order valence-electron chi connectivity index (χ3n) is 2.56. The van der Waals surface area contributed by atoms with Crippen molar-refractivity contribution in [3.05, 3.63) is 34.4 Å². The van der Waals surface area contributed by atoms with E-state index in [1.54, 1.807) is 0 Å². The van der Waals surface area contributed by atoms with Gasteiger partial charge in [0.2, 0.25) is 0 Å². The molecule has 1 atom stereocenters. The fraction of sp³-hybridized carbons (Fsp3) is 0.500. The first kappa shape index (κ1) is 14.3. The molecule has 0 aliphatic heterocycles. The Kier molecular flexibility index (Phi) is 5.00. The molecule has 0 N–H and O–H groups in total. The molecule has 1 rings (SSSR count). The van der Waals surface area contributed by atoms with E-state index in [1.807, 2.05) is 0 Å². The molecule has 0 amide bonds. The summed E-state index contributed by atoms with van der Waals surface area (Å²) in [5.74, 6) is 0.427. The molecule has 6 heteroatoms. The van der Waals surface area contributed by atoms with Gasteiger partial charge in [0, 0.05) is 25.0 Å². The summed E-state index contributed by atoms with van der Waals surface area (Å²) in [4.78, 5) is 9.90. The maximum atomic E-state index is 13.6. The fourth-order valence-corrected chi connectivity index (χ4v) is 1.37. The van der Waals surface area contributed by atoms with Gasteiger partial charge in [-0.25, -0.2) is 4.39 Å². The summed E-state index contributed by atoms with van der Waals surface area (Å²) in [6, 6.07) is 5.52. The van der Waals surface area contributed by atoms with E-state index in [4.69, 9.17) is 4.74 Å². The molecule has 0 aromatic heterocycles. The maximum absolute atomic E-state index is 13.6. The van der Waals surface area contributed by atoms with Gasteiger partial charge in [0.1, 0.15) is 11.4 Å². The second-order valence-electron chi connectivity index (χ2n) is 4.20. The van der Waals surface area contributed by atoms with Crippen LogP contribution in [0.25, 0.3) is 0 Å². The van der Waals surface area contributed by atoms with Gasteiger partial charge in [0.25, 0.3) is 5.69 Å². The summed E-state index contributed by atoms with van der Waals surface area (Å²) in [6.07, 6.45) is -0.0788. The first-order chi connectivity index (χ1) is 8.44. The lowest BCUT2D eigenvalue weighted by molar-refractivity contribution is -0.384. The molecular weight excluding hydrogens is 244 g/mol. The zero-order valence-electron chi connectivity index (χ0n) is 10.1. The van der Waals surface area contributed by atoms with Gasteiger partial charge in [-0.3, -0.25) is 14.5 Å². The molecule has 0 radical (unpaired) electrons. The van der Waals surface area contributed by atoms with E-state index in [2.05, 4.69) is 0 Å².